The second-order valence-corrected chi connectivity index (χ2v) is 5.07. The van der Waals surface area contributed by atoms with Gasteiger partial charge in [0, 0.05) is 19.2 Å². The predicted molar refractivity (Wildman–Crippen MR) is 71.1 cm³/mol. The van der Waals surface area contributed by atoms with Crippen molar-refractivity contribution in [2.45, 2.75) is 30.7 Å². The third-order valence-electron chi connectivity index (χ3n) is 2.85. The standard InChI is InChI=1S/C11H12Cl2N2O5/c1-5(16)19-9-6(4-12)20-10(8(9)13)15-3-2-7(17)14-11(15)18/h2-3,6,8-10H,4H2,1H3,(H,14,17,18)/t6-,8-,9-,10-/m1/s1. The van der Waals surface area contributed by atoms with Gasteiger partial charge in [-0.3, -0.25) is 19.1 Å². The second-order valence-electron chi connectivity index (χ2n) is 4.26. The van der Waals surface area contributed by atoms with Crippen molar-refractivity contribution < 1.29 is 14.3 Å². The highest BCUT2D eigenvalue weighted by atomic mass is 35.5. The molecule has 9 heteroatoms. The first kappa shape index (κ1) is 15.1. The Morgan fingerprint density at radius 1 is 1.55 bits per heavy atom. The van der Waals surface area contributed by atoms with Gasteiger partial charge in [0.15, 0.2) is 6.23 Å². The summed E-state index contributed by atoms with van der Waals surface area (Å²) in [7, 11) is 0. The minimum atomic E-state index is -0.880. The Hall–Kier alpha value is -1.31. The largest absolute Gasteiger partial charge is 0.458 e. The zero-order valence-electron chi connectivity index (χ0n) is 10.4. The Kier molecular flexibility index (Phi) is 4.52. The van der Waals surface area contributed by atoms with Crippen LogP contribution < -0.4 is 11.2 Å². The summed E-state index contributed by atoms with van der Waals surface area (Å²) < 4.78 is 11.7. The van der Waals surface area contributed by atoms with Crippen molar-refractivity contribution in [2.24, 2.45) is 0 Å². The molecule has 1 aliphatic heterocycles. The summed E-state index contributed by atoms with van der Waals surface area (Å²) >= 11 is 11.9. The number of alkyl halides is 2. The molecule has 1 aromatic heterocycles. The predicted octanol–water partition coefficient (Wildman–Crippen LogP) is 0.212. The van der Waals surface area contributed by atoms with Crippen LogP contribution in [0.5, 0.6) is 0 Å². The van der Waals surface area contributed by atoms with Crippen LogP contribution in [0.1, 0.15) is 13.2 Å². The van der Waals surface area contributed by atoms with Gasteiger partial charge in [0.2, 0.25) is 0 Å². The van der Waals surface area contributed by atoms with Gasteiger partial charge in [-0.05, 0) is 0 Å². The smallest absolute Gasteiger partial charge is 0.330 e. The number of ether oxygens (including phenoxy) is 2. The van der Waals surface area contributed by atoms with Gasteiger partial charge in [0.05, 0.1) is 5.88 Å². The van der Waals surface area contributed by atoms with Gasteiger partial charge in [0.25, 0.3) is 5.56 Å². The van der Waals surface area contributed by atoms with Crippen LogP contribution in [0.2, 0.25) is 0 Å². The number of aromatic nitrogens is 2. The van der Waals surface area contributed by atoms with E-state index in [0.717, 1.165) is 4.57 Å². The van der Waals surface area contributed by atoms with Gasteiger partial charge in [-0.15, -0.1) is 23.2 Å². The lowest BCUT2D eigenvalue weighted by atomic mass is 10.2. The van der Waals surface area contributed by atoms with Gasteiger partial charge in [-0.25, -0.2) is 4.79 Å². The fourth-order valence-corrected chi connectivity index (χ4v) is 2.65. The van der Waals surface area contributed by atoms with Crippen LogP contribution in [0.25, 0.3) is 0 Å². The van der Waals surface area contributed by atoms with Crippen LogP contribution in [0.15, 0.2) is 21.9 Å². The van der Waals surface area contributed by atoms with E-state index in [9.17, 15) is 14.4 Å². The average molecular weight is 323 g/mol. The van der Waals surface area contributed by atoms with Crippen LogP contribution in [0.4, 0.5) is 0 Å². The maximum atomic E-state index is 11.7. The Labute approximate surface area is 123 Å². The molecule has 0 aliphatic carbocycles. The van der Waals surface area contributed by atoms with Gasteiger partial charge in [0.1, 0.15) is 17.6 Å². The van der Waals surface area contributed by atoms with E-state index < -0.39 is 41.0 Å². The summed E-state index contributed by atoms with van der Waals surface area (Å²) in [4.78, 5) is 35.9. The maximum absolute atomic E-state index is 11.7. The van der Waals surface area contributed by atoms with Gasteiger partial charge in [-0.1, -0.05) is 0 Å². The number of carbonyl (C=O) groups is 1. The van der Waals surface area contributed by atoms with Crippen LogP contribution in [0.3, 0.4) is 0 Å². The number of carbonyl (C=O) groups excluding carboxylic acids is 1. The minimum absolute atomic E-state index is 0.0514. The number of hydrogen-bond acceptors (Lipinski definition) is 5. The highest BCUT2D eigenvalue weighted by Crippen LogP contribution is 2.34. The minimum Gasteiger partial charge on any atom is -0.458 e. The molecule has 0 spiro atoms. The van der Waals surface area contributed by atoms with Crippen molar-refractivity contribution in [3.05, 3.63) is 33.1 Å². The summed E-state index contributed by atoms with van der Waals surface area (Å²) in [5.41, 5.74) is -1.19. The molecule has 0 radical (unpaired) electrons. The van der Waals surface area contributed by atoms with E-state index in [0.29, 0.717) is 0 Å². The summed E-state index contributed by atoms with van der Waals surface area (Å²) in [6.07, 6.45) is -1.01. The first-order valence-corrected chi connectivity index (χ1v) is 6.75. The van der Waals surface area contributed by atoms with E-state index in [4.69, 9.17) is 32.7 Å². The summed E-state index contributed by atoms with van der Waals surface area (Å²) in [6.45, 7) is 1.24. The molecule has 0 aromatic carbocycles. The van der Waals surface area contributed by atoms with Crippen LogP contribution in [-0.2, 0) is 14.3 Å². The number of H-pyrrole nitrogens is 1. The Morgan fingerprint density at radius 3 is 2.80 bits per heavy atom. The Morgan fingerprint density at radius 2 is 2.25 bits per heavy atom. The topological polar surface area (TPSA) is 90.4 Å². The van der Waals surface area contributed by atoms with Gasteiger partial charge >= 0.3 is 11.7 Å². The van der Waals surface area contributed by atoms with Crippen molar-refractivity contribution in [1.29, 1.82) is 0 Å². The third-order valence-corrected chi connectivity index (χ3v) is 3.61. The van der Waals surface area contributed by atoms with Crippen molar-refractivity contribution in [3.63, 3.8) is 0 Å². The molecule has 110 valence electrons. The number of rotatable bonds is 3. The number of nitrogens with one attached hydrogen (secondary N) is 1. The number of nitrogens with zero attached hydrogens (tertiary/aromatic N) is 1. The molecule has 0 bridgehead atoms. The lowest BCUT2D eigenvalue weighted by Crippen LogP contribution is -2.36. The quantitative estimate of drug-likeness (QED) is 0.634. The molecule has 1 saturated heterocycles. The van der Waals surface area contributed by atoms with Crippen LogP contribution in [-0.4, -0.2) is 39.0 Å². The number of hydrogen-bond donors (Lipinski definition) is 1. The molecule has 0 unspecified atom stereocenters. The molecule has 2 rings (SSSR count). The highest BCUT2D eigenvalue weighted by Gasteiger charge is 2.46. The van der Waals surface area contributed by atoms with E-state index in [1.807, 2.05) is 0 Å². The van der Waals surface area contributed by atoms with Crippen molar-refractivity contribution in [3.8, 4) is 0 Å². The Balaban J connectivity index is 2.32. The summed E-state index contributed by atoms with van der Waals surface area (Å²) in [5, 5.41) is -0.800. The Bertz CT molecular complexity index is 613. The fourth-order valence-electron chi connectivity index (χ4n) is 2.00. The summed E-state index contributed by atoms with van der Waals surface area (Å²) in [6, 6.07) is 1.17. The summed E-state index contributed by atoms with van der Waals surface area (Å²) in [5.74, 6) is -0.468. The molecule has 0 saturated carbocycles. The van der Waals surface area contributed by atoms with Crippen molar-refractivity contribution in [1.82, 2.24) is 9.55 Å². The van der Waals surface area contributed by atoms with Gasteiger partial charge < -0.3 is 9.47 Å². The molecule has 7 nitrogen and oxygen atoms in total. The van der Waals surface area contributed by atoms with Crippen LogP contribution in [0, 0.1) is 0 Å². The molecule has 20 heavy (non-hydrogen) atoms. The van der Waals surface area contributed by atoms with E-state index in [1.165, 1.54) is 19.2 Å². The number of halogens is 2. The normalized spacial score (nSPS) is 29.4. The SMILES string of the molecule is CC(=O)O[C@H]1[C@@H](Cl)[C@H](n2ccc(=O)[nH]c2=O)O[C@@H]1CCl. The third kappa shape index (κ3) is 2.89. The van der Waals surface area contributed by atoms with E-state index in [2.05, 4.69) is 4.98 Å². The zero-order chi connectivity index (χ0) is 14.9. The molecule has 1 fully saturated rings. The molecule has 0 amide bonds. The lowest BCUT2D eigenvalue weighted by molar-refractivity contribution is -0.148. The maximum Gasteiger partial charge on any atom is 0.330 e. The molecule has 1 N–H and O–H groups in total. The van der Waals surface area contributed by atoms with E-state index in [-0.39, 0.29) is 5.88 Å². The second kappa shape index (κ2) is 5.99. The lowest BCUT2D eigenvalue weighted by Gasteiger charge is -2.18. The van der Waals surface area contributed by atoms with E-state index in [1.54, 1.807) is 0 Å². The monoisotopic (exact) mass is 322 g/mol. The van der Waals surface area contributed by atoms with Crippen LogP contribution >= 0.6 is 23.2 Å². The van der Waals surface area contributed by atoms with Gasteiger partial charge in [-0.2, -0.15) is 0 Å². The van der Waals surface area contributed by atoms with E-state index >= 15 is 0 Å². The first-order chi connectivity index (χ1) is 9.43. The molecular weight excluding hydrogens is 311 g/mol. The number of aromatic amines is 1. The number of esters is 1. The highest BCUT2D eigenvalue weighted by molar-refractivity contribution is 6.22. The van der Waals surface area contributed by atoms with Crippen molar-refractivity contribution in [2.75, 3.05) is 5.88 Å². The molecule has 4 atom stereocenters. The van der Waals surface area contributed by atoms with Crippen molar-refractivity contribution >= 4 is 29.2 Å². The average Bonchev–Trinajstić information content (AvgIpc) is 2.67. The molecule has 1 aromatic rings. The fraction of sp³-hybridized carbons (Fsp3) is 0.545. The molecule has 2 heterocycles. The zero-order valence-corrected chi connectivity index (χ0v) is 11.9. The first-order valence-electron chi connectivity index (χ1n) is 5.78. The molecule has 1 aliphatic rings. The molecular formula is C11H12Cl2N2O5.